The predicted octanol–water partition coefficient (Wildman–Crippen LogP) is 5.56. The number of fused-ring (bicyclic) bond motifs is 4. The molecule has 5 rings (SSSR count). The van der Waals surface area contributed by atoms with Gasteiger partial charge in [-0.2, -0.15) is 0 Å². The second kappa shape index (κ2) is 5.94. The van der Waals surface area contributed by atoms with E-state index in [2.05, 4.69) is 44.6 Å². The van der Waals surface area contributed by atoms with Gasteiger partial charge in [0.2, 0.25) is 0 Å². The Bertz CT molecular complexity index is 811. The number of benzene rings is 1. The van der Waals surface area contributed by atoms with Gasteiger partial charge in [-0.05, 0) is 72.7 Å². The Balaban J connectivity index is 1.82. The molecule has 3 saturated carbocycles. The molecule has 0 saturated heterocycles. The predicted molar refractivity (Wildman–Crippen MR) is 107 cm³/mol. The smallest absolute Gasteiger partial charge is 0.338 e. The van der Waals surface area contributed by atoms with Gasteiger partial charge in [-0.3, -0.25) is 4.98 Å². The fourth-order valence-corrected chi connectivity index (χ4v) is 5.53. The van der Waals surface area contributed by atoms with Crippen LogP contribution in [0.4, 0.5) is 0 Å². The van der Waals surface area contributed by atoms with Crippen molar-refractivity contribution in [3.8, 4) is 0 Å². The fraction of sp³-hybridized carbons (Fsp3) is 0.474. The number of pyridine rings is 1. The zero-order valence-electron chi connectivity index (χ0n) is 13.6. The van der Waals surface area contributed by atoms with Gasteiger partial charge in [-0.1, -0.05) is 28.7 Å². The lowest BCUT2D eigenvalue weighted by Crippen LogP contribution is -2.45. The van der Waals surface area contributed by atoms with E-state index in [0.29, 0.717) is 8.99 Å². The molecule has 2 bridgehead atoms. The highest BCUT2D eigenvalue weighted by molar-refractivity contribution is 14.1. The van der Waals surface area contributed by atoms with Crippen molar-refractivity contribution in [1.29, 1.82) is 0 Å². The van der Waals surface area contributed by atoms with E-state index in [4.69, 9.17) is 9.72 Å². The number of hydrogen-bond acceptors (Lipinski definition) is 3. The molecule has 0 spiro atoms. The van der Waals surface area contributed by atoms with Crippen molar-refractivity contribution < 1.29 is 9.53 Å². The molecule has 2 aromatic rings. The maximum atomic E-state index is 12.0. The number of rotatable bonds is 2. The highest BCUT2D eigenvalue weighted by atomic mass is 127. The SMILES string of the molecule is COC(=O)c1ccc(Br)c2nc(C34CCC(I)(CC3)CC4)ccc12. The summed E-state index contributed by atoms with van der Waals surface area (Å²) >= 11 is 6.28. The summed E-state index contributed by atoms with van der Waals surface area (Å²) in [6.07, 6.45) is 7.54. The molecule has 3 nitrogen and oxygen atoms in total. The van der Waals surface area contributed by atoms with E-state index in [1.165, 1.54) is 51.3 Å². The minimum absolute atomic E-state index is 0.224. The van der Waals surface area contributed by atoms with Crippen molar-refractivity contribution in [2.24, 2.45) is 0 Å². The van der Waals surface area contributed by atoms with Crippen molar-refractivity contribution in [2.45, 2.75) is 47.4 Å². The summed E-state index contributed by atoms with van der Waals surface area (Å²) in [5.74, 6) is -0.315. The number of esters is 1. The van der Waals surface area contributed by atoms with E-state index >= 15 is 0 Å². The zero-order valence-corrected chi connectivity index (χ0v) is 17.3. The van der Waals surface area contributed by atoms with Crippen LogP contribution in [0.15, 0.2) is 28.7 Å². The van der Waals surface area contributed by atoms with Crippen LogP contribution in [0.2, 0.25) is 0 Å². The molecule has 0 aliphatic heterocycles. The minimum Gasteiger partial charge on any atom is -0.465 e. The van der Waals surface area contributed by atoms with E-state index in [1.807, 2.05) is 12.1 Å². The standard InChI is InChI=1S/C19H19BrINO2/c1-24-17(23)13-2-4-14(20)16-12(13)3-5-15(22-16)18-6-9-19(21,10-7-18)11-8-18/h2-5H,6-11H2,1H3. The number of aromatic nitrogens is 1. The van der Waals surface area contributed by atoms with Crippen LogP contribution in [0.3, 0.4) is 0 Å². The maximum absolute atomic E-state index is 12.0. The van der Waals surface area contributed by atoms with E-state index < -0.39 is 0 Å². The Kier molecular flexibility index (Phi) is 4.15. The summed E-state index contributed by atoms with van der Waals surface area (Å²) in [5.41, 5.74) is 2.85. The second-order valence-electron chi connectivity index (χ2n) is 7.11. The first-order chi connectivity index (χ1) is 11.5. The Morgan fingerprint density at radius 3 is 2.42 bits per heavy atom. The number of alkyl halides is 1. The number of carbonyl (C=O) groups is 1. The Hall–Kier alpha value is -0.690. The normalized spacial score (nSPS) is 29.0. The average molecular weight is 500 g/mol. The van der Waals surface area contributed by atoms with E-state index in [9.17, 15) is 4.79 Å². The van der Waals surface area contributed by atoms with Gasteiger partial charge in [0.25, 0.3) is 0 Å². The van der Waals surface area contributed by atoms with Gasteiger partial charge in [0.1, 0.15) is 0 Å². The van der Waals surface area contributed by atoms with E-state index in [0.717, 1.165) is 15.4 Å². The molecule has 3 fully saturated rings. The third-order valence-corrected chi connectivity index (χ3v) is 8.17. The fourth-order valence-electron chi connectivity index (χ4n) is 4.29. The summed E-state index contributed by atoms with van der Waals surface area (Å²) in [4.78, 5) is 17.0. The summed E-state index contributed by atoms with van der Waals surface area (Å²) in [6, 6.07) is 7.86. The van der Waals surface area contributed by atoms with Crippen LogP contribution < -0.4 is 0 Å². The van der Waals surface area contributed by atoms with Gasteiger partial charge in [0, 0.05) is 24.4 Å². The number of carbonyl (C=O) groups excluding carboxylic acids is 1. The number of ether oxygens (including phenoxy) is 1. The van der Waals surface area contributed by atoms with Crippen LogP contribution in [0.5, 0.6) is 0 Å². The molecule has 1 aromatic carbocycles. The van der Waals surface area contributed by atoms with Crippen molar-refractivity contribution in [1.82, 2.24) is 4.98 Å². The third-order valence-electron chi connectivity index (χ3n) is 5.91. The first kappa shape index (κ1) is 16.8. The van der Waals surface area contributed by atoms with Gasteiger partial charge < -0.3 is 4.74 Å². The molecule has 0 N–H and O–H groups in total. The quantitative estimate of drug-likeness (QED) is 0.308. The van der Waals surface area contributed by atoms with Crippen LogP contribution in [-0.2, 0) is 10.2 Å². The molecule has 0 radical (unpaired) electrons. The highest BCUT2D eigenvalue weighted by Crippen LogP contribution is 2.56. The van der Waals surface area contributed by atoms with Crippen LogP contribution in [0.1, 0.15) is 54.6 Å². The van der Waals surface area contributed by atoms with Gasteiger partial charge in [-0.25, -0.2) is 4.79 Å². The zero-order chi connectivity index (χ0) is 16.9. The van der Waals surface area contributed by atoms with E-state index in [1.54, 1.807) is 6.07 Å². The Labute approximate surface area is 163 Å². The van der Waals surface area contributed by atoms with Gasteiger partial charge >= 0.3 is 5.97 Å². The highest BCUT2D eigenvalue weighted by Gasteiger charge is 2.48. The molecule has 1 heterocycles. The van der Waals surface area contributed by atoms with Gasteiger partial charge in [0.15, 0.2) is 0 Å². The molecule has 126 valence electrons. The van der Waals surface area contributed by atoms with Crippen LogP contribution >= 0.6 is 38.5 Å². The molecule has 0 atom stereocenters. The van der Waals surface area contributed by atoms with Crippen molar-refractivity contribution in [3.63, 3.8) is 0 Å². The number of nitrogens with zero attached hydrogens (tertiary/aromatic N) is 1. The number of methoxy groups -OCH3 is 1. The molecular formula is C19H19BrINO2. The van der Waals surface area contributed by atoms with Crippen LogP contribution in [0.25, 0.3) is 10.9 Å². The molecule has 1 aromatic heterocycles. The summed E-state index contributed by atoms with van der Waals surface area (Å²) in [5, 5.41) is 0.853. The summed E-state index contributed by atoms with van der Waals surface area (Å²) in [6.45, 7) is 0. The third kappa shape index (κ3) is 2.59. The molecule has 3 aliphatic rings. The number of halogens is 2. The van der Waals surface area contributed by atoms with Crippen LogP contribution in [0, 0.1) is 0 Å². The monoisotopic (exact) mass is 499 g/mol. The molecule has 24 heavy (non-hydrogen) atoms. The summed E-state index contributed by atoms with van der Waals surface area (Å²) < 4.78 is 6.36. The first-order valence-corrected chi connectivity index (χ1v) is 10.2. The van der Waals surface area contributed by atoms with Crippen molar-refractivity contribution in [2.75, 3.05) is 7.11 Å². The molecule has 5 heteroatoms. The van der Waals surface area contributed by atoms with Crippen molar-refractivity contribution in [3.05, 3.63) is 40.0 Å². The van der Waals surface area contributed by atoms with E-state index in [-0.39, 0.29) is 11.4 Å². The molecule has 0 amide bonds. The lowest BCUT2D eigenvalue weighted by molar-refractivity contribution is 0.0603. The molecule has 0 unspecified atom stereocenters. The second-order valence-corrected chi connectivity index (χ2v) is 10.3. The van der Waals surface area contributed by atoms with Gasteiger partial charge in [0.05, 0.1) is 18.2 Å². The van der Waals surface area contributed by atoms with Crippen LogP contribution in [-0.4, -0.2) is 21.5 Å². The maximum Gasteiger partial charge on any atom is 0.338 e. The lowest BCUT2D eigenvalue weighted by Gasteiger charge is -2.50. The molecular weight excluding hydrogens is 481 g/mol. The largest absolute Gasteiger partial charge is 0.465 e. The Morgan fingerprint density at radius 2 is 1.79 bits per heavy atom. The van der Waals surface area contributed by atoms with Crippen molar-refractivity contribution >= 4 is 55.4 Å². The Morgan fingerprint density at radius 1 is 1.12 bits per heavy atom. The minimum atomic E-state index is -0.315. The topological polar surface area (TPSA) is 39.2 Å². The summed E-state index contributed by atoms with van der Waals surface area (Å²) in [7, 11) is 1.41. The van der Waals surface area contributed by atoms with Gasteiger partial charge in [-0.15, -0.1) is 0 Å². The molecule has 3 aliphatic carbocycles. The first-order valence-electron chi connectivity index (χ1n) is 8.33. The average Bonchev–Trinajstić information content (AvgIpc) is 2.62. The number of hydrogen-bond donors (Lipinski definition) is 0. The lowest BCUT2D eigenvalue weighted by atomic mass is 9.59.